The maximum atomic E-state index is 5.32. The van der Waals surface area contributed by atoms with E-state index in [1.54, 1.807) is 7.11 Å². The van der Waals surface area contributed by atoms with Gasteiger partial charge in [-0.25, -0.2) is 0 Å². The van der Waals surface area contributed by atoms with Gasteiger partial charge in [-0.1, -0.05) is 0 Å². The number of hydrogen-bond donors (Lipinski definition) is 1. The summed E-state index contributed by atoms with van der Waals surface area (Å²) in [5.74, 6) is 1.18. The molecule has 1 saturated carbocycles. The summed E-state index contributed by atoms with van der Waals surface area (Å²) in [6.07, 6.45) is 4.87. The van der Waals surface area contributed by atoms with Crippen LogP contribution in [0.1, 0.15) is 19.8 Å². The van der Waals surface area contributed by atoms with E-state index in [4.69, 9.17) is 4.74 Å². The minimum absolute atomic E-state index is 0.493. The standard InChI is InChI=1S/C12H26N2OS/c1-10(9-16-4)14(2)12(8-15-3)7-13-11-5-6-11/h10-13H,5-9H2,1-4H3. The molecule has 1 rings (SSSR count). The molecule has 0 spiro atoms. The Bertz CT molecular complexity index is 188. The maximum Gasteiger partial charge on any atom is 0.0630 e. The third kappa shape index (κ3) is 5.04. The molecule has 96 valence electrons. The number of ether oxygens (including phenoxy) is 1. The zero-order chi connectivity index (χ0) is 12.0. The number of likely N-dealkylation sites (N-methyl/N-ethyl adjacent to an activating group) is 1. The number of thioether (sulfide) groups is 1. The van der Waals surface area contributed by atoms with Gasteiger partial charge < -0.3 is 10.1 Å². The number of nitrogens with one attached hydrogen (secondary N) is 1. The lowest BCUT2D eigenvalue weighted by atomic mass is 10.2. The van der Waals surface area contributed by atoms with Crippen LogP contribution in [0.3, 0.4) is 0 Å². The maximum absolute atomic E-state index is 5.32. The minimum Gasteiger partial charge on any atom is -0.383 e. The van der Waals surface area contributed by atoms with Gasteiger partial charge in [-0.2, -0.15) is 11.8 Å². The molecule has 4 heteroatoms. The average molecular weight is 246 g/mol. The Morgan fingerprint density at radius 3 is 2.69 bits per heavy atom. The second-order valence-corrected chi connectivity index (χ2v) is 5.67. The molecule has 1 aliphatic carbocycles. The Kier molecular flexibility index (Phi) is 6.73. The predicted molar refractivity (Wildman–Crippen MR) is 72.3 cm³/mol. The third-order valence-corrected chi connectivity index (χ3v) is 4.07. The van der Waals surface area contributed by atoms with E-state index in [9.17, 15) is 0 Å². The quantitative estimate of drug-likeness (QED) is 0.665. The van der Waals surface area contributed by atoms with E-state index in [0.29, 0.717) is 12.1 Å². The Morgan fingerprint density at radius 1 is 1.50 bits per heavy atom. The van der Waals surface area contributed by atoms with Crippen molar-refractivity contribution < 1.29 is 4.74 Å². The number of hydrogen-bond acceptors (Lipinski definition) is 4. The number of methoxy groups -OCH3 is 1. The SMILES string of the molecule is COCC(CNC1CC1)N(C)C(C)CSC. The van der Waals surface area contributed by atoms with E-state index in [1.807, 2.05) is 11.8 Å². The fraction of sp³-hybridized carbons (Fsp3) is 1.00. The van der Waals surface area contributed by atoms with Gasteiger partial charge in [0.15, 0.2) is 0 Å². The van der Waals surface area contributed by atoms with Crippen molar-refractivity contribution in [2.45, 2.75) is 37.9 Å². The monoisotopic (exact) mass is 246 g/mol. The first-order valence-corrected chi connectivity index (χ1v) is 7.51. The summed E-state index contributed by atoms with van der Waals surface area (Å²) in [7, 11) is 4.00. The second-order valence-electron chi connectivity index (χ2n) is 4.76. The molecule has 0 bridgehead atoms. The molecule has 1 aliphatic rings. The van der Waals surface area contributed by atoms with E-state index < -0.39 is 0 Å². The van der Waals surface area contributed by atoms with Gasteiger partial charge in [-0.15, -0.1) is 0 Å². The van der Waals surface area contributed by atoms with Crippen molar-refractivity contribution in [3.05, 3.63) is 0 Å². The van der Waals surface area contributed by atoms with Gasteiger partial charge in [0.2, 0.25) is 0 Å². The highest BCUT2D eigenvalue weighted by molar-refractivity contribution is 7.98. The molecule has 3 nitrogen and oxygen atoms in total. The molecular weight excluding hydrogens is 220 g/mol. The van der Waals surface area contributed by atoms with Gasteiger partial charge in [0.1, 0.15) is 0 Å². The normalized spacial score (nSPS) is 20.1. The van der Waals surface area contributed by atoms with Crippen LogP contribution in [0.4, 0.5) is 0 Å². The lowest BCUT2D eigenvalue weighted by Crippen LogP contribution is -2.48. The summed E-state index contributed by atoms with van der Waals surface area (Å²) in [6, 6.07) is 1.88. The highest BCUT2D eigenvalue weighted by atomic mass is 32.2. The van der Waals surface area contributed by atoms with E-state index in [1.165, 1.54) is 18.6 Å². The molecule has 16 heavy (non-hydrogen) atoms. The van der Waals surface area contributed by atoms with Gasteiger partial charge in [0, 0.05) is 37.5 Å². The van der Waals surface area contributed by atoms with Crippen molar-refractivity contribution in [1.29, 1.82) is 0 Å². The topological polar surface area (TPSA) is 24.5 Å². The van der Waals surface area contributed by atoms with E-state index in [0.717, 1.165) is 19.2 Å². The summed E-state index contributed by atoms with van der Waals surface area (Å²) in [5, 5.41) is 3.59. The molecule has 2 unspecified atom stereocenters. The molecule has 0 aromatic heterocycles. The van der Waals surface area contributed by atoms with Crippen molar-refractivity contribution in [2.75, 3.05) is 39.3 Å². The average Bonchev–Trinajstić information content (AvgIpc) is 3.07. The molecular formula is C12H26N2OS. The first kappa shape index (κ1) is 14.3. The zero-order valence-corrected chi connectivity index (χ0v) is 11.8. The van der Waals surface area contributed by atoms with Gasteiger partial charge in [-0.05, 0) is 33.1 Å². The fourth-order valence-electron chi connectivity index (χ4n) is 1.82. The Hall–Kier alpha value is 0.230. The molecule has 1 N–H and O–H groups in total. The van der Waals surface area contributed by atoms with Crippen molar-refractivity contribution >= 4 is 11.8 Å². The molecule has 0 aliphatic heterocycles. The second kappa shape index (κ2) is 7.54. The number of rotatable bonds is 9. The van der Waals surface area contributed by atoms with Crippen LogP contribution in [-0.2, 0) is 4.74 Å². The van der Waals surface area contributed by atoms with Crippen LogP contribution in [0.15, 0.2) is 0 Å². The fourth-order valence-corrected chi connectivity index (χ4v) is 2.54. The van der Waals surface area contributed by atoms with Crippen molar-refractivity contribution in [3.63, 3.8) is 0 Å². The van der Waals surface area contributed by atoms with E-state index >= 15 is 0 Å². The van der Waals surface area contributed by atoms with Crippen molar-refractivity contribution in [1.82, 2.24) is 10.2 Å². The molecule has 0 heterocycles. The Morgan fingerprint density at radius 2 is 2.19 bits per heavy atom. The summed E-state index contributed by atoms with van der Waals surface area (Å²) < 4.78 is 5.32. The van der Waals surface area contributed by atoms with Crippen LogP contribution < -0.4 is 5.32 Å². The van der Waals surface area contributed by atoms with Crippen LogP contribution in [0.2, 0.25) is 0 Å². The molecule has 0 amide bonds. The smallest absolute Gasteiger partial charge is 0.0630 e. The van der Waals surface area contributed by atoms with Crippen LogP contribution in [-0.4, -0.2) is 62.3 Å². The molecule has 0 aromatic rings. The largest absolute Gasteiger partial charge is 0.383 e. The van der Waals surface area contributed by atoms with Gasteiger partial charge in [0.05, 0.1) is 6.61 Å². The lowest BCUT2D eigenvalue weighted by Gasteiger charge is -2.32. The van der Waals surface area contributed by atoms with Gasteiger partial charge in [-0.3, -0.25) is 4.90 Å². The van der Waals surface area contributed by atoms with Crippen LogP contribution >= 0.6 is 11.8 Å². The Labute approximate surface area is 104 Å². The highest BCUT2D eigenvalue weighted by Gasteiger charge is 2.24. The molecule has 0 aromatic carbocycles. The summed E-state index contributed by atoms with van der Waals surface area (Å²) in [4.78, 5) is 2.44. The zero-order valence-electron chi connectivity index (χ0n) is 11.0. The first-order chi connectivity index (χ1) is 7.69. The van der Waals surface area contributed by atoms with E-state index in [-0.39, 0.29) is 0 Å². The molecule has 2 atom stereocenters. The molecule has 0 radical (unpaired) electrons. The van der Waals surface area contributed by atoms with Gasteiger partial charge >= 0.3 is 0 Å². The van der Waals surface area contributed by atoms with Crippen LogP contribution in [0, 0.1) is 0 Å². The third-order valence-electron chi connectivity index (χ3n) is 3.26. The van der Waals surface area contributed by atoms with Crippen LogP contribution in [0.25, 0.3) is 0 Å². The molecule has 1 fully saturated rings. The van der Waals surface area contributed by atoms with Crippen molar-refractivity contribution in [2.24, 2.45) is 0 Å². The van der Waals surface area contributed by atoms with E-state index in [2.05, 4.69) is 30.4 Å². The summed E-state index contributed by atoms with van der Waals surface area (Å²) in [6.45, 7) is 4.15. The summed E-state index contributed by atoms with van der Waals surface area (Å²) >= 11 is 1.91. The highest BCUT2D eigenvalue weighted by Crippen LogP contribution is 2.19. The number of nitrogens with zero attached hydrogens (tertiary/aromatic N) is 1. The Balaban J connectivity index is 2.32. The van der Waals surface area contributed by atoms with Gasteiger partial charge in [0.25, 0.3) is 0 Å². The lowest BCUT2D eigenvalue weighted by molar-refractivity contribution is 0.0892. The molecule has 0 saturated heterocycles. The summed E-state index contributed by atoms with van der Waals surface area (Å²) in [5.41, 5.74) is 0. The van der Waals surface area contributed by atoms with Crippen LogP contribution in [0.5, 0.6) is 0 Å². The first-order valence-electron chi connectivity index (χ1n) is 6.12. The minimum atomic E-state index is 0.493. The predicted octanol–water partition coefficient (Wildman–Crippen LogP) is 1.44. The van der Waals surface area contributed by atoms with Crippen molar-refractivity contribution in [3.8, 4) is 0 Å².